The van der Waals surface area contributed by atoms with Crippen molar-refractivity contribution in [1.29, 1.82) is 0 Å². The van der Waals surface area contributed by atoms with Gasteiger partial charge in [-0.25, -0.2) is 4.98 Å². The van der Waals surface area contributed by atoms with E-state index in [1.807, 2.05) is 20.9 Å². The Hall–Kier alpha value is -1.26. The number of rotatable bonds is 6. The molecule has 0 fully saturated rings. The zero-order valence-electron chi connectivity index (χ0n) is 13.4. The van der Waals surface area contributed by atoms with Gasteiger partial charge in [-0.1, -0.05) is 49.9 Å². The lowest BCUT2D eigenvalue weighted by Gasteiger charge is -2.16. The molecule has 2 rings (SSSR count). The van der Waals surface area contributed by atoms with Gasteiger partial charge in [0.1, 0.15) is 5.76 Å². The number of aromatic nitrogens is 1. The first-order chi connectivity index (χ1) is 10.0. The van der Waals surface area contributed by atoms with Gasteiger partial charge in [0.2, 0.25) is 0 Å². The molecule has 3 nitrogen and oxygen atoms in total. The van der Waals surface area contributed by atoms with Crippen molar-refractivity contribution in [3.63, 3.8) is 0 Å². The molecule has 0 saturated heterocycles. The molecule has 0 amide bonds. The molecular formula is C17H24N2OS. The van der Waals surface area contributed by atoms with Crippen LogP contribution in [0.3, 0.4) is 0 Å². The second-order valence-corrected chi connectivity index (χ2v) is 6.57. The summed E-state index contributed by atoms with van der Waals surface area (Å²) in [4.78, 5) is 4.42. The number of thioether (sulfide) groups is 1. The maximum atomic E-state index is 5.62. The number of oxazole rings is 1. The maximum absolute atomic E-state index is 5.62. The molecule has 4 heteroatoms. The SMILES string of the molecule is CNC(CSc1nc(C)c(C)o1)c1ccc(C(C)C)cc1. The normalized spacial score (nSPS) is 12.9. The fourth-order valence-electron chi connectivity index (χ4n) is 2.12. The molecule has 2 aromatic rings. The van der Waals surface area contributed by atoms with E-state index in [0.29, 0.717) is 12.0 Å². The highest BCUT2D eigenvalue weighted by atomic mass is 32.2. The molecular weight excluding hydrogens is 280 g/mol. The molecule has 1 aromatic carbocycles. The van der Waals surface area contributed by atoms with E-state index >= 15 is 0 Å². The first-order valence-corrected chi connectivity index (χ1v) is 8.33. The van der Waals surface area contributed by atoms with Crippen LogP contribution in [0.4, 0.5) is 0 Å². The largest absolute Gasteiger partial charge is 0.437 e. The topological polar surface area (TPSA) is 38.1 Å². The van der Waals surface area contributed by atoms with Gasteiger partial charge in [-0.15, -0.1) is 0 Å². The van der Waals surface area contributed by atoms with Crippen molar-refractivity contribution >= 4 is 11.8 Å². The monoisotopic (exact) mass is 304 g/mol. The van der Waals surface area contributed by atoms with Crippen molar-refractivity contribution in [3.05, 3.63) is 46.8 Å². The van der Waals surface area contributed by atoms with Crippen LogP contribution >= 0.6 is 11.8 Å². The molecule has 114 valence electrons. The molecule has 0 bridgehead atoms. The summed E-state index contributed by atoms with van der Waals surface area (Å²) in [6.45, 7) is 8.36. The fourth-order valence-corrected chi connectivity index (χ4v) is 3.17. The van der Waals surface area contributed by atoms with E-state index in [4.69, 9.17) is 4.42 Å². The number of nitrogens with zero attached hydrogens (tertiary/aromatic N) is 1. The Morgan fingerprint density at radius 2 is 1.76 bits per heavy atom. The lowest BCUT2D eigenvalue weighted by atomic mass is 10.00. The zero-order valence-corrected chi connectivity index (χ0v) is 14.3. The third-order valence-corrected chi connectivity index (χ3v) is 4.66. The van der Waals surface area contributed by atoms with Crippen LogP contribution in [-0.2, 0) is 0 Å². The number of aryl methyl sites for hydroxylation is 2. The van der Waals surface area contributed by atoms with Gasteiger partial charge in [0.15, 0.2) is 0 Å². The van der Waals surface area contributed by atoms with Crippen LogP contribution in [0.15, 0.2) is 33.9 Å². The van der Waals surface area contributed by atoms with Gasteiger partial charge in [-0.3, -0.25) is 0 Å². The van der Waals surface area contributed by atoms with Gasteiger partial charge >= 0.3 is 0 Å². The summed E-state index contributed by atoms with van der Waals surface area (Å²) in [5, 5.41) is 4.12. The van der Waals surface area contributed by atoms with E-state index in [2.05, 4.69) is 48.4 Å². The van der Waals surface area contributed by atoms with Crippen LogP contribution in [0.2, 0.25) is 0 Å². The predicted octanol–water partition coefficient (Wildman–Crippen LogP) is 4.47. The van der Waals surface area contributed by atoms with Crippen LogP contribution in [0.5, 0.6) is 0 Å². The van der Waals surface area contributed by atoms with Crippen LogP contribution in [-0.4, -0.2) is 17.8 Å². The summed E-state index contributed by atoms with van der Waals surface area (Å²) in [7, 11) is 1.99. The Kier molecular flexibility index (Phi) is 5.48. The molecule has 1 heterocycles. The molecule has 1 atom stereocenters. The number of hydrogen-bond donors (Lipinski definition) is 1. The van der Waals surface area contributed by atoms with Crippen LogP contribution in [0.1, 0.15) is 48.4 Å². The van der Waals surface area contributed by atoms with Crippen molar-refractivity contribution in [2.45, 2.75) is 44.9 Å². The van der Waals surface area contributed by atoms with Gasteiger partial charge < -0.3 is 9.73 Å². The number of benzene rings is 1. The highest BCUT2D eigenvalue weighted by Gasteiger charge is 2.13. The van der Waals surface area contributed by atoms with E-state index < -0.39 is 0 Å². The zero-order chi connectivity index (χ0) is 15.4. The second-order valence-electron chi connectivity index (χ2n) is 5.60. The van der Waals surface area contributed by atoms with Crippen molar-refractivity contribution < 1.29 is 4.42 Å². The van der Waals surface area contributed by atoms with Gasteiger partial charge in [0.05, 0.1) is 5.69 Å². The Balaban J connectivity index is 2.02. The Morgan fingerprint density at radius 3 is 2.24 bits per heavy atom. The van der Waals surface area contributed by atoms with Gasteiger partial charge in [-0.05, 0) is 37.9 Å². The third-order valence-electron chi connectivity index (χ3n) is 3.74. The van der Waals surface area contributed by atoms with Crippen molar-refractivity contribution in [1.82, 2.24) is 10.3 Å². The highest BCUT2D eigenvalue weighted by Crippen LogP contribution is 2.26. The molecule has 0 saturated carbocycles. The van der Waals surface area contributed by atoms with Crippen molar-refractivity contribution in [2.24, 2.45) is 0 Å². The summed E-state index contributed by atoms with van der Waals surface area (Å²) in [6, 6.07) is 9.15. The molecule has 1 aromatic heterocycles. The lowest BCUT2D eigenvalue weighted by Crippen LogP contribution is -2.18. The smallest absolute Gasteiger partial charge is 0.256 e. The first-order valence-electron chi connectivity index (χ1n) is 7.35. The minimum atomic E-state index is 0.295. The summed E-state index contributed by atoms with van der Waals surface area (Å²) in [6.07, 6.45) is 0. The highest BCUT2D eigenvalue weighted by molar-refractivity contribution is 7.99. The Labute approximate surface area is 131 Å². The molecule has 0 spiro atoms. The summed E-state index contributed by atoms with van der Waals surface area (Å²) < 4.78 is 5.62. The van der Waals surface area contributed by atoms with E-state index in [-0.39, 0.29) is 0 Å². The molecule has 1 unspecified atom stereocenters. The fraction of sp³-hybridized carbons (Fsp3) is 0.471. The Morgan fingerprint density at radius 1 is 1.14 bits per heavy atom. The first kappa shape index (κ1) is 16.1. The summed E-state index contributed by atoms with van der Waals surface area (Å²) >= 11 is 1.65. The lowest BCUT2D eigenvalue weighted by molar-refractivity contribution is 0.430. The van der Waals surface area contributed by atoms with E-state index in [1.165, 1.54) is 11.1 Å². The average Bonchev–Trinajstić information content (AvgIpc) is 2.79. The van der Waals surface area contributed by atoms with Gasteiger partial charge in [0, 0.05) is 11.8 Å². The van der Waals surface area contributed by atoms with E-state index in [9.17, 15) is 0 Å². The number of nitrogens with one attached hydrogen (secondary N) is 1. The average molecular weight is 304 g/mol. The Bertz CT molecular complexity index is 555. The molecule has 0 aliphatic carbocycles. The molecule has 0 aliphatic rings. The molecule has 0 aliphatic heterocycles. The standard InChI is InChI=1S/C17H24N2OS/c1-11(2)14-6-8-15(9-7-14)16(18-5)10-21-17-19-12(3)13(4)20-17/h6-9,11,16,18H,10H2,1-5H3. The third kappa shape index (κ3) is 4.11. The molecule has 0 radical (unpaired) electrons. The minimum Gasteiger partial charge on any atom is -0.437 e. The van der Waals surface area contributed by atoms with Gasteiger partial charge in [-0.2, -0.15) is 0 Å². The second kappa shape index (κ2) is 7.14. The minimum absolute atomic E-state index is 0.295. The molecule has 1 N–H and O–H groups in total. The van der Waals surface area contributed by atoms with E-state index in [0.717, 1.165) is 22.4 Å². The van der Waals surface area contributed by atoms with Crippen LogP contribution in [0, 0.1) is 13.8 Å². The molecule has 21 heavy (non-hydrogen) atoms. The van der Waals surface area contributed by atoms with Crippen molar-refractivity contribution in [2.75, 3.05) is 12.8 Å². The summed E-state index contributed by atoms with van der Waals surface area (Å²) in [5.41, 5.74) is 3.65. The quantitative estimate of drug-likeness (QED) is 0.799. The predicted molar refractivity (Wildman–Crippen MR) is 89.0 cm³/mol. The van der Waals surface area contributed by atoms with Crippen LogP contribution < -0.4 is 5.32 Å². The number of hydrogen-bond acceptors (Lipinski definition) is 4. The van der Waals surface area contributed by atoms with Crippen molar-refractivity contribution in [3.8, 4) is 0 Å². The van der Waals surface area contributed by atoms with Crippen LogP contribution in [0.25, 0.3) is 0 Å². The van der Waals surface area contributed by atoms with E-state index in [1.54, 1.807) is 11.8 Å². The maximum Gasteiger partial charge on any atom is 0.256 e. The summed E-state index contributed by atoms with van der Waals surface area (Å²) in [5.74, 6) is 2.37. The van der Waals surface area contributed by atoms with Gasteiger partial charge in [0.25, 0.3) is 5.22 Å².